The second-order valence-electron chi connectivity index (χ2n) is 4.74. The van der Waals surface area contributed by atoms with Crippen LogP contribution >= 0.6 is 11.3 Å². The number of hydrogen-bond acceptors (Lipinski definition) is 3. The van der Waals surface area contributed by atoms with E-state index in [1.54, 1.807) is 0 Å². The van der Waals surface area contributed by atoms with Gasteiger partial charge in [-0.05, 0) is 24.3 Å². The predicted molar refractivity (Wildman–Crippen MR) is 73.5 cm³/mol. The van der Waals surface area contributed by atoms with Gasteiger partial charge in [-0.15, -0.1) is 11.3 Å². The van der Waals surface area contributed by atoms with Crippen molar-refractivity contribution in [1.82, 2.24) is 5.32 Å². The van der Waals surface area contributed by atoms with Crippen molar-refractivity contribution in [1.29, 1.82) is 0 Å². The number of hydrogen-bond donors (Lipinski definition) is 1. The Morgan fingerprint density at radius 1 is 1.24 bits per heavy atom. The average molecular weight is 253 g/mol. The SMILES string of the molecule is c1csc(CNCCOC2CCCCCC2)c1. The van der Waals surface area contributed by atoms with Crippen LogP contribution in [-0.4, -0.2) is 19.3 Å². The maximum Gasteiger partial charge on any atom is 0.0594 e. The standard InChI is InChI=1S/C14H23NOS/c1-2-4-7-13(6-3-1)16-10-9-15-12-14-8-5-11-17-14/h5,8,11,13,15H,1-4,6-7,9-10,12H2. The van der Waals surface area contributed by atoms with Crippen molar-refractivity contribution < 1.29 is 4.74 Å². The normalized spacial score (nSPS) is 18.1. The van der Waals surface area contributed by atoms with Gasteiger partial charge in [0.2, 0.25) is 0 Å². The fraction of sp³-hybridized carbons (Fsp3) is 0.714. The maximum absolute atomic E-state index is 5.92. The maximum atomic E-state index is 5.92. The van der Waals surface area contributed by atoms with Gasteiger partial charge in [0, 0.05) is 18.0 Å². The molecule has 1 heterocycles. The van der Waals surface area contributed by atoms with Crippen LogP contribution in [0.2, 0.25) is 0 Å². The van der Waals surface area contributed by atoms with Crippen LogP contribution in [0.3, 0.4) is 0 Å². The molecule has 0 unspecified atom stereocenters. The lowest BCUT2D eigenvalue weighted by molar-refractivity contribution is 0.0451. The summed E-state index contributed by atoms with van der Waals surface area (Å²) in [6, 6.07) is 4.27. The number of thiophene rings is 1. The molecule has 1 aliphatic carbocycles. The molecule has 0 spiro atoms. The zero-order valence-corrected chi connectivity index (χ0v) is 11.3. The Morgan fingerprint density at radius 2 is 2.06 bits per heavy atom. The number of ether oxygens (including phenoxy) is 1. The smallest absolute Gasteiger partial charge is 0.0594 e. The summed E-state index contributed by atoms with van der Waals surface area (Å²) in [7, 11) is 0. The van der Waals surface area contributed by atoms with E-state index < -0.39 is 0 Å². The molecule has 0 amide bonds. The lowest BCUT2D eigenvalue weighted by atomic mass is 10.1. The third-order valence-electron chi connectivity index (χ3n) is 3.31. The molecule has 1 aromatic rings. The highest BCUT2D eigenvalue weighted by Gasteiger charge is 2.11. The van der Waals surface area contributed by atoms with Crippen LogP contribution in [0.4, 0.5) is 0 Å². The quantitative estimate of drug-likeness (QED) is 0.618. The van der Waals surface area contributed by atoms with Crippen molar-refractivity contribution in [2.45, 2.75) is 51.2 Å². The Hall–Kier alpha value is -0.380. The molecular formula is C14H23NOS. The van der Waals surface area contributed by atoms with Gasteiger partial charge in [-0.2, -0.15) is 0 Å². The monoisotopic (exact) mass is 253 g/mol. The van der Waals surface area contributed by atoms with E-state index in [2.05, 4.69) is 22.8 Å². The molecule has 0 aliphatic heterocycles. The Morgan fingerprint density at radius 3 is 2.76 bits per heavy atom. The fourth-order valence-corrected chi connectivity index (χ4v) is 3.01. The van der Waals surface area contributed by atoms with Crippen molar-refractivity contribution in [3.05, 3.63) is 22.4 Å². The van der Waals surface area contributed by atoms with Crippen LogP contribution in [-0.2, 0) is 11.3 Å². The van der Waals surface area contributed by atoms with Gasteiger partial charge in [-0.3, -0.25) is 0 Å². The topological polar surface area (TPSA) is 21.3 Å². The van der Waals surface area contributed by atoms with Crippen molar-refractivity contribution in [2.75, 3.05) is 13.2 Å². The number of rotatable bonds is 6. The first-order valence-electron chi connectivity index (χ1n) is 6.80. The highest BCUT2D eigenvalue weighted by atomic mass is 32.1. The molecule has 1 saturated carbocycles. The Kier molecular flexibility index (Phi) is 6.03. The van der Waals surface area contributed by atoms with Crippen LogP contribution < -0.4 is 5.32 Å². The first kappa shape index (κ1) is 13.1. The zero-order chi connectivity index (χ0) is 11.8. The summed E-state index contributed by atoms with van der Waals surface area (Å²) >= 11 is 1.81. The average Bonchev–Trinajstić information content (AvgIpc) is 2.72. The fourth-order valence-electron chi connectivity index (χ4n) is 2.33. The molecule has 1 N–H and O–H groups in total. The Bertz CT molecular complexity index is 278. The summed E-state index contributed by atoms with van der Waals surface area (Å²) in [5.41, 5.74) is 0. The van der Waals surface area contributed by atoms with E-state index in [0.29, 0.717) is 6.10 Å². The van der Waals surface area contributed by atoms with E-state index >= 15 is 0 Å². The molecule has 0 aromatic carbocycles. The van der Waals surface area contributed by atoms with Crippen molar-refractivity contribution in [2.24, 2.45) is 0 Å². The summed E-state index contributed by atoms with van der Waals surface area (Å²) in [6.45, 7) is 2.80. The van der Waals surface area contributed by atoms with Gasteiger partial charge in [0.15, 0.2) is 0 Å². The van der Waals surface area contributed by atoms with Crippen LogP contribution in [0.1, 0.15) is 43.4 Å². The highest BCUT2D eigenvalue weighted by molar-refractivity contribution is 7.09. The first-order chi connectivity index (χ1) is 8.45. The van der Waals surface area contributed by atoms with Crippen LogP contribution in [0.15, 0.2) is 17.5 Å². The third kappa shape index (κ3) is 5.19. The Labute approximate surface area is 108 Å². The van der Waals surface area contributed by atoms with E-state index in [1.165, 1.54) is 43.4 Å². The molecule has 0 radical (unpaired) electrons. The molecule has 1 aromatic heterocycles. The second kappa shape index (κ2) is 7.85. The highest BCUT2D eigenvalue weighted by Crippen LogP contribution is 2.19. The molecule has 2 rings (SSSR count). The molecule has 17 heavy (non-hydrogen) atoms. The van der Waals surface area contributed by atoms with Gasteiger partial charge in [0.05, 0.1) is 12.7 Å². The predicted octanol–water partition coefficient (Wildman–Crippen LogP) is 3.58. The first-order valence-corrected chi connectivity index (χ1v) is 7.68. The van der Waals surface area contributed by atoms with Gasteiger partial charge in [-0.25, -0.2) is 0 Å². The second-order valence-corrected chi connectivity index (χ2v) is 5.77. The van der Waals surface area contributed by atoms with Gasteiger partial charge in [-0.1, -0.05) is 31.7 Å². The van der Waals surface area contributed by atoms with E-state index in [0.717, 1.165) is 19.7 Å². The minimum Gasteiger partial charge on any atom is -0.377 e. The molecule has 0 bridgehead atoms. The summed E-state index contributed by atoms with van der Waals surface area (Å²) in [6.07, 6.45) is 8.57. The molecule has 0 atom stereocenters. The van der Waals surface area contributed by atoms with Gasteiger partial charge in [0.1, 0.15) is 0 Å². The van der Waals surface area contributed by atoms with Crippen LogP contribution in [0, 0.1) is 0 Å². The Balaban J connectivity index is 1.50. The van der Waals surface area contributed by atoms with E-state index in [4.69, 9.17) is 4.74 Å². The minimum atomic E-state index is 0.529. The molecule has 3 heteroatoms. The van der Waals surface area contributed by atoms with Gasteiger partial charge >= 0.3 is 0 Å². The summed E-state index contributed by atoms with van der Waals surface area (Å²) in [5.74, 6) is 0. The van der Waals surface area contributed by atoms with Crippen molar-refractivity contribution >= 4 is 11.3 Å². The van der Waals surface area contributed by atoms with Crippen LogP contribution in [0.5, 0.6) is 0 Å². The molecule has 96 valence electrons. The molecular weight excluding hydrogens is 230 g/mol. The van der Waals surface area contributed by atoms with Crippen molar-refractivity contribution in [3.63, 3.8) is 0 Å². The number of nitrogens with one attached hydrogen (secondary N) is 1. The van der Waals surface area contributed by atoms with E-state index in [1.807, 2.05) is 11.3 Å². The molecule has 0 saturated heterocycles. The zero-order valence-electron chi connectivity index (χ0n) is 10.5. The van der Waals surface area contributed by atoms with Crippen LogP contribution in [0.25, 0.3) is 0 Å². The minimum absolute atomic E-state index is 0.529. The van der Waals surface area contributed by atoms with Gasteiger partial charge < -0.3 is 10.1 Å². The molecule has 2 nitrogen and oxygen atoms in total. The molecule has 1 fully saturated rings. The molecule has 1 aliphatic rings. The lowest BCUT2D eigenvalue weighted by Crippen LogP contribution is -2.22. The van der Waals surface area contributed by atoms with E-state index in [-0.39, 0.29) is 0 Å². The lowest BCUT2D eigenvalue weighted by Gasteiger charge is -2.15. The summed E-state index contributed by atoms with van der Waals surface area (Å²) < 4.78 is 5.92. The van der Waals surface area contributed by atoms with Crippen molar-refractivity contribution in [3.8, 4) is 0 Å². The van der Waals surface area contributed by atoms with Gasteiger partial charge in [0.25, 0.3) is 0 Å². The largest absolute Gasteiger partial charge is 0.377 e. The summed E-state index contributed by atoms with van der Waals surface area (Å²) in [4.78, 5) is 1.40. The van der Waals surface area contributed by atoms with E-state index in [9.17, 15) is 0 Å². The third-order valence-corrected chi connectivity index (χ3v) is 4.19. The summed E-state index contributed by atoms with van der Waals surface area (Å²) in [5, 5.41) is 5.55.